The van der Waals surface area contributed by atoms with Gasteiger partial charge in [-0.15, -0.1) is 0 Å². The Labute approximate surface area is 402 Å². The highest BCUT2D eigenvalue weighted by molar-refractivity contribution is 7.48. The highest BCUT2D eigenvalue weighted by atomic mass is 31.2. The number of rotatable bonds is 13. The Hall–Kier alpha value is -8.18. The maximum atomic E-state index is 14.0. The van der Waals surface area contributed by atoms with Crippen LogP contribution in [-0.4, -0.2) is 48.6 Å². The van der Waals surface area contributed by atoms with Crippen LogP contribution in [0, 0.1) is 0 Å². The van der Waals surface area contributed by atoms with Gasteiger partial charge in [0.05, 0.1) is 6.61 Å². The molecule has 3 aliphatic rings. The van der Waals surface area contributed by atoms with Crippen molar-refractivity contribution in [2.75, 3.05) is 37.7 Å². The van der Waals surface area contributed by atoms with Crippen LogP contribution in [-0.2, 0) is 9.36 Å². The molecule has 1 amide bonds. The van der Waals surface area contributed by atoms with Crippen LogP contribution in [0.5, 0.6) is 23.0 Å². The first-order valence-electron chi connectivity index (χ1n) is 23.2. The summed E-state index contributed by atoms with van der Waals surface area (Å²) in [6.07, 6.45) is 0.525. The molecular formula is C57H46N3O9P. The van der Waals surface area contributed by atoms with E-state index in [-0.39, 0.29) is 29.4 Å². The number of hydrogen-bond acceptors (Lipinski definition) is 10. The zero-order valence-electron chi connectivity index (χ0n) is 38.3. The van der Waals surface area contributed by atoms with E-state index in [0.717, 1.165) is 51.4 Å². The Morgan fingerprint density at radius 2 is 1.30 bits per heavy atom. The number of anilines is 1. The fourth-order valence-electron chi connectivity index (χ4n) is 9.38. The van der Waals surface area contributed by atoms with E-state index < -0.39 is 7.82 Å². The minimum absolute atomic E-state index is 0.197. The van der Waals surface area contributed by atoms with Gasteiger partial charge in [0.1, 0.15) is 34.2 Å². The third kappa shape index (κ3) is 8.42. The summed E-state index contributed by atoms with van der Waals surface area (Å²) in [5.74, 6) is 1.60. The number of phosphoric ester groups is 1. The molecule has 0 spiro atoms. The van der Waals surface area contributed by atoms with Crippen molar-refractivity contribution in [2.45, 2.75) is 20.3 Å². The molecule has 2 heterocycles. The third-order valence-electron chi connectivity index (χ3n) is 12.7. The molecule has 348 valence electrons. The van der Waals surface area contributed by atoms with E-state index in [9.17, 15) is 19.0 Å². The van der Waals surface area contributed by atoms with Crippen molar-refractivity contribution in [1.82, 2.24) is 10.3 Å². The normalized spacial score (nSPS) is 14.2. The van der Waals surface area contributed by atoms with Crippen LogP contribution in [0.25, 0.3) is 88.3 Å². The fraction of sp³-hybridized carbons (Fsp3) is 0.140. The second kappa shape index (κ2) is 18.4. The van der Waals surface area contributed by atoms with E-state index in [0.29, 0.717) is 86.7 Å². The molecule has 13 heteroatoms. The molecule has 0 aromatic heterocycles. The summed E-state index contributed by atoms with van der Waals surface area (Å²) in [4.78, 5) is 44.5. The molecule has 2 N–H and O–H groups in total. The molecule has 1 unspecified atom stereocenters. The zero-order valence-corrected chi connectivity index (χ0v) is 39.2. The summed E-state index contributed by atoms with van der Waals surface area (Å²) in [7, 11) is -4.71. The predicted molar refractivity (Wildman–Crippen MR) is 275 cm³/mol. The SMILES string of the molecule is CCN(CC)c1ccc2nc3c4cc(OCC(=O)NCCCOc5ccc(-c6cc7ccccc7c7c6OP(=O)(O)Oc6c(-c8ccccc8)cc8ccccc8c6-7)cc5)ccc4c(=O)cc-3oc2c1. The molecule has 0 bridgehead atoms. The Morgan fingerprint density at radius 1 is 0.671 bits per heavy atom. The number of fused-ring (bicyclic) bond motifs is 11. The van der Waals surface area contributed by atoms with Gasteiger partial charge in [-0.25, -0.2) is 9.55 Å². The molecule has 8 aromatic carbocycles. The second-order valence-electron chi connectivity index (χ2n) is 17.0. The number of amides is 1. The molecule has 1 atom stereocenters. The lowest BCUT2D eigenvalue weighted by molar-refractivity contribution is -0.123. The van der Waals surface area contributed by atoms with Gasteiger partial charge in [-0.3, -0.25) is 14.5 Å². The Balaban J connectivity index is 0.775. The lowest BCUT2D eigenvalue weighted by Gasteiger charge is -2.21. The number of ether oxygens (including phenoxy) is 2. The summed E-state index contributed by atoms with van der Waals surface area (Å²) < 4.78 is 44.3. The number of nitrogens with zero attached hydrogens (tertiary/aromatic N) is 2. The summed E-state index contributed by atoms with van der Waals surface area (Å²) >= 11 is 0. The number of benzene rings is 9. The highest BCUT2D eigenvalue weighted by Crippen LogP contribution is 2.61. The van der Waals surface area contributed by atoms with Gasteiger partial charge in [0.25, 0.3) is 5.91 Å². The highest BCUT2D eigenvalue weighted by Gasteiger charge is 2.37. The molecule has 0 saturated heterocycles. The Morgan fingerprint density at radius 3 is 1.97 bits per heavy atom. The zero-order chi connectivity index (χ0) is 47.9. The number of carbonyl (C=O) groups excluding carboxylic acids is 1. The molecule has 0 fully saturated rings. The van der Waals surface area contributed by atoms with Crippen molar-refractivity contribution in [1.29, 1.82) is 0 Å². The van der Waals surface area contributed by atoms with Crippen LogP contribution in [0.1, 0.15) is 20.3 Å². The quantitative estimate of drug-likeness (QED) is 0.0492. The van der Waals surface area contributed by atoms with Crippen molar-refractivity contribution in [2.24, 2.45) is 0 Å². The first-order valence-corrected chi connectivity index (χ1v) is 24.7. The van der Waals surface area contributed by atoms with Crippen molar-refractivity contribution in [3.8, 4) is 67.8 Å². The van der Waals surface area contributed by atoms with E-state index in [4.69, 9.17) is 27.9 Å². The number of nitrogens with one attached hydrogen (secondary N) is 1. The van der Waals surface area contributed by atoms with Crippen LogP contribution in [0.3, 0.4) is 0 Å². The lowest BCUT2D eigenvalue weighted by atomic mass is 9.86. The minimum Gasteiger partial charge on any atom is -0.494 e. The summed E-state index contributed by atoms with van der Waals surface area (Å²) in [5, 5.41) is 7.49. The molecule has 2 aliphatic heterocycles. The number of carbonyl (C=O) groups is 1. The molecule has 0 radical (unpaired) electrons. The number of phosphoric acid groups is 1. The average molecular weight is 948 g/mol. The van der Waals surface area contributed by atoms with Crippen LogP contribution in [0.15, 0.2) is 167 Å². The molecular weight excluding hydrogens is 902 g/mol. The molecule has 8 aromatic rings. The predicted octanol–water partition coefficient (Wildman–Crippen LogP) is 12.4. The standard InChI is InChI=1S/C57H46N3O9P/c1-3-60(4-2)39-21-26-48-50(31-39)67-51-33-49(61)44-25-24-41(32-47(44)55(51)59-48)66-34-52(62)58-27-12-28-65-40-22-19-36(20-23-40)46-30-38-16-9-11-18-43(38)54-53-42-17-10-8-15-37(42)29-45(35-13-6-5-7-14-35)56(53)68-70(63,64)69-57(46)54/h5-11,13-26,29-33H,3-4,12,27-28,34H2,1-2H3,(H,58,62)(H,63,64). The first-order chi connectivity index (χ1) is 34.1. The molecule has 0 saturated carbocycles. The Kier molecular flexibility index (Phi) is 11.6. The van der Waals surface area contributed by atoms with Gasteiger partial charge in [-0.2, -0.15) is 0 Å². The smallest absolute Gasteiger partial charge is 0.494 e. The van der Waals surface area contributed by atoms with Gasteiger partial charge in [0, 0.05) is 70.5 Å². The van der Waals surface area contributed by atoms with Crippen LogP contribution in [0.4, 0.5) is 5.69 Å². The number of aromatic nitrogens is 1. The third-order valence-corrected chi connectivity index (χ3v) is 13.6. The van der Waals surface area contributed by atoms with Gasteiger partial charge in [0.2, 0.25) is 0 Å². The van der Waals surface area contributed by atoms with E-state index >= 15 is 0 Å². The van der Waals surface area contributed by atoms with Crippen LogP contribution < -0.4 is 34.2 Å². The summed E-state index contributed by atoms with van der Waals surface area (Å²) in [6.45, 7) is 6.33. The maximum Gasteiger partial charge on any atom is 0.584 e. The number of hydrogen-bond donors (Lipinski definition) is 2. The van der Waals surface area contributed by atoms with Gasteiger partial charge in [0.15, 0.2) is 23.4 Å². The summed E-state index contributed by atoms with van der Waals surface area (Å²) in [6, 6.07) is 49.3. The van der Waals surface area contributed by atoms with Gasteiger partial charge in [-0.1, -0.05) is 91.0 Å². The lowest BCUT2D eigenvalue weighted by Crippen LogP contribution is -2.30. The second-order valence-corrected chi connectivity index (χ2v) is 18.4. The van der Waals surface area contributed by atoms with Gasteiger partial charge in [-0.05, 0) is 108 Å². The monoisotopic (exact) mass is 947 g/mol. The fourth-order valence-corrected chi connectivity index (χ4v) is 10.3. The molecule has 1 aliphatic carbocycles. The maximum absolute atomic E-state index is 14.0. The van der Waals surface area contributed by atoms with Crippen LogP contribution in [0.2, 0.25) is 0 Å². The van der Waals surface area contributed by atoms with E-state index in [1.165, 1.54) is 6.07 Å². The topological polar surface area (TPSA) is 150 Å². The van der Waals surface area contributed by atoms with Gasteiger partial charge >= 0.3 is 7.82 Å². The first kappa shape index (κ1) is 44.3. The van der Waals surface area contributed by atoms with Crippen molar-refractivity contribution in [3.63, 3.8) is 0 Å². The Bertz CT molecular complexity index is 3720. The van der Waals surface area contributed by atoms with Crippen molar-refractivity contribution >= 4 is 62.8 Å². The van der Waals surface area contributed by atoms with E-state index in [2.05, 4.69) is 24.1 Å². The van der Waals surface area contributed by atoms with Crippen molar-refractivity contribution < 1.29 is 37.2 Å². The average Bonchev–Trinajstić information content (AvgIpc) is 3.51. The van der Waals surface area contributed by atoms with Crippen molar-refractivity contribution in [3.05, 3.63) is 168 Å². The largest absolute Gasteiger partial charge is 0.584 e. The molecule has 70 heavy (non-hydrogen) atoms. The van der Waals surface area contributed by atoms with E-state index in [1.807, 2.05) is 133 Å². The van der Waals surface area contributed by atoms with Crippen LogP contribution >= 0.6 is 7.82 Å². The summed E-state index contributed by atoms with van der Waals surface area (Å²) in [5.41, 5.74) is 6.80. The van der Waals surface area contributed by atoms with E-state index in [1.54, 1.807) is 18.2 Å². The molecule has 12 nitrogen and oxygen atoms in total. The minimum atomic E-state index is -4.71. The van der Waals surface area contributed by atoms with Gasteiger partial charge < -0.3 is 33.2 Å². The molecule has 11 rings (SSSR count).